The van der Waals surface area contributed by atoms with Crippen molar-refractivity contribution in [3.63, 3.8) is 0 Å². The highest BCUT2D eigenvalue weighted by molar-refractivity contribution is 6.07. The second kappa shape index (κ2) is 13.4. The van der Waals surface area contributed by atoms with Crippen molar-refractivity contribution in [3.8, 4) is 11.5 Å². The van der Waals surface area contributed by atoms with Crippen molar-refractivity contribution >= 4 is 55.3 Å². The van der Waals surface area contributed by atoms with E-state index >= 15 is 0 Å². The van der Waals surface area contributed by atoms with Crippen LogP contribution in [0.2, 0.25) is 0 Å². The van der Waals surface area contributed by atoms with Gasteiger partial charge in [-0.15, -0.1) is 0 Å². The van der Waals surface area contributed by atoms with Gasteiger partial charge in [0.2, 0.25) is 0 Å². The predicted octanol–water partition coefficient (Wildman–Crippen LogP) is 7.91. The van der Waals surface area contributed by atoms with E-state index in [4.69, 9.17) is 18.3 Å². The predicted molar refractivity (Wildman–Crippen MR) is 187 cm³/mol. The van der Waals surface area contributed by atoms with Crippen molar-refractivity contribution in [1.29, 1.82) is 0 Å². The van der Waals surface area contributed by atoms with Crippen molar-refractivity contribution in [1.82, 2.24) is 10.6 Å². The Kier molecular flexibility index (Phi) is 8.63. The van der Waals surface area contributed by atoms with Crippen molar-refractivity contribution in [3.05, 3.63) is 108 Å². The maximum absolute atomic E-state index is 6.00. The molecule has 0 aliphatic carbocycles. The van der Waals surface area contributed by atoms with E-state index in [2.05, 4.69) is 69.8 Å². The average molecular weight is 615 g/mol. The Labute approximate surface area is 267 Å². The van der Waals surface area contributed by atoms with Gasteiger partial charge in [-0.3, -0.25) is 0 Å². The van der Waals surface area contributed by atoms with Crippen molar-refractivity contribution in [2.75, 3.05) is 51.0 Å². The van der Waals surface area contributed by atoms with Crippen LogP contribution < -0.4 is 30.7 Å². The molecule has 7 rings (SSSR count). The van der Waals surface area contributed by atoms with Crippen molar-refractivity contribution in [2.24, 2.45) is 0 Å². The van der Waals surface area contributed by atoms with Crippen LogP contribution in [0.25, 0.3) is 43.9 Å². The third kappa shape index (κ3) is 6.18. The van der Waals surface area contributed by atoms with Crippen molar-refractivity contribution < 1.29 is 18.3 Å². The summed E-state index contributed by atoms with van der Waals surface area (Å²) in [6.07, 6.45) is 0. The Balaban J connectivity index is 0.873. The third-order valence-electron chi connectivity index (χ3n) is 8.28. The molecule has 4 N–H and O–H groups in total. The quantitative estimate of drug-likeness (QED) is 0.0919. The third-order valence-corrected chi connectivity index (χ3v) is 8.28. The highest BCUT2D eigenvalue weighted by Gasteiger charge is 2.13. The first-order chi connectivity index (χ1) is 22.7. The number of benzene rings is 5. The number of fused-ring (bicyclic) bond motifs is 6. The number of nitrogens with one attached hydrogen (secondary N) is 4. The Morgan fingerprint density at radius 2 is 0.957 bits per heavy atom. The minimum Gasteiger partial charge on any atom is -0.494 e. The average Bonchev–Trinajstić information content (AvgIpc) is 3.64. The Hall–Kier alpha value is -5.18. The number of ether oxygens (including phenoxy) is 2. The fourth-order valence-electron chi connectivity index (χ4n) is 6.01. The number of hydrogen-bond acceptors (Lipinski definition) is 8. The SMILES string of the molecule is COc1cc2oc3ccccc3c2cc1NCCNCc1cccc(CNCCNc2cc3c(cc2OC)oc2ccccc23)c1. The second-order valence-corrected chi connectivity index (χ2v) is 11.3. The van der Waals surface area contributed by atoms with Crippen LogP contribution in [0.3, 0.4) is 0 Å². The molecule has 0 radical (unpaired) electrons. The van der Waals surface area contributed by atoms with E-state index in [0.717, 1.165) is 106 Å². The fraction of sp³-hybridized carbons (Fsp3) is 0.211. The molecule has 5 aromatic carbocycles. The monoisotopic (exact) mass is 614 g/mol. The van der Waals surface area contributed by atoms with E-state index in [1.54, 1.807) is 14.2 Å². The lowest BCUT2D eigenvalue weighted by atomic mass is 10.1. The van der Waals surface area contributed by atoms with Gasteiger partial charge in [0.15, 0.2) is 0 Å². The van der Waals surface area contributed by atoms with Crippen LogP contribution in [0, 0.1) is 0 Å². The lowest BCUT2D eigenvalue weighted by molar-refractivity contribution is 0.416. The summed E-state index contributed by atoms with van der Waals surface area (Å²) in [5.41, 5.74) is 7.84. The number of anilines is 2. The summed E-state index contributed by atoms with van der Waals surface area (Å²) < 4.78 is 23.3. The van der Waals surface area contributed by atoms with Crippen LogP contribution in [0.15, 0.2) is 106 Å². The number of methoxy groups -OCH3 is 2. The first kappa shape index (κ1) is 29.5. The van der Waals surface area contributed by atoms with Gasteiger partial charge in [-0.05, 0) is 35.4 Å². The molecule has 0 fully saturated rings. The molecule has 7 aromatic rings. The molecule has 0 aliphatic rings. The van der Waals surface area contributed by atoms with Gasteiger partial charge in [0, 0.05) is 72.9 Å². The summed E-state index contributed by atoms with van der Waals surface area (Å²) in [4.78, 5) is 0. The molecule has 0 atom stereocenters. The Morgan fingerprint density at radius 1 is 0.478 bits per heavy atom. The van der Waals surface area contributed by atoms with Crippen LogP contribution in [0.4, 0.5) is 11.4 Å². The number of para-hydroxylation sites is 2. The molecule has 0 spiro atoms. The minimum atomic E-state index is 0.764. The zero-order valence-corrected chi connectivity index (χ0v) is 26.1. The molecule has 0 saturated carbocycles. The van der Waals surface area contributed by atoms with Gasteiger partial charge < -0.3 is 39.6 Å². The summed E-state index contributed by atoms with van der Waals surface area (Å²) in [5, 5.41) is 18.5. The molecule has 234 valence electrons. The Morgan fingerprint density at radius 3 is 1.43 bits per heavy atom. The summed E-state index contributed by atoms with van der Waals surface area (Å²) in [6.45, 7) is 4.74. The van der Waals surface area contributed by atoms with Gasteiger partial charge in [-0.25, -0.2) is 0 Å². The lowest BCUT2D eigenvalue weighted by Gasteiger charge is -2.13. The smallest absolute Gasteiger partial charge is 0.145 e. The topological polar surface area (TPSA) is 92.9 Å². The molecular weight excluding hydrogens is 576 g/mol. The van der Waals surface area contributed by atoms with E-state index in [-0.39, 0.29) is 0 Å². The van der Waals surface area contributed by atoms with Crippen LogP contribution >= 0.6 is 0 Å². The molecule has 0 bridgehead atoms. The lowest BCUT2D eigenvalue weighted by Crippen LogP contribution is -2.23. The van der Waals surface area contributed by atoms with E-state index in [0.29, 0.717) is 0 Å². The zero-order chi connectivity index (χ0) is 31.3. The molecule has 8 nitrogen and oxygen atoms in total. The summed E-state index contributed by atoms with van der Waals surface area (Å²) in [5.74, 6) is 1.54. The summed E-state index contributed by atoms with van der Waals surface area (Å²) >= 11 is 0. The molecule has 46 heavy (non-hydrogen) atoms. The fourth-order valence-corrected chi connectivity index (χ4v) is 6.01. The highest BCUT2D eigenvalue weighted by Crippen LogP contribution is 2.37. The van der Waals surface area contributed by atoms with Crippen LogP contribution in [-0.4, -0.2) is 40.4 Å². The number of furan rings is 2. The number of hydrogen-bond donors (Lipinski definition) is 4. The van der Waals surface area contributed by atoms with Gasteiger partial charge in [-0.1, -0.05) is 60.7 Å². The Bertz CT molecular complexity index is 1970. The van der Waals surface area contributed by atoms with Crippen LogP contribution in [0.5, 0.6) is 11.5 Å². The maximum Gasteiger partial charge on any atom is 0.145 e. The second-order valence-electron chi connectivity index (χ2n) is 11.3. The van der Waals surface area contributed by atoms with Gasteiger partial charge in [0.25, 0.3) is 0 Å². The highest BCUT2D eigenvalue weighted by atomic mass is 16.5. The van der Waals surface area contributed by atoms with Gasteiger partial charge in [0.05, 0.1) is 25.6 Å². The zero-order valence-electron chi connectivity index (χ0n) is 26.1. The van der Waals surface area contributed by atoms with E-state index < -0.39 is 0 Å². The van der Waals surface area contributed by atoms with Crippen LogP contribution in [0.1, 0.15) is 11.1 Å². The molecule has 0 aliphatic heterocycles. The molecule has 2 aromatic heterocycles. The summed E-state index contributed by atoms with van der Waals surface area (Å²) in [6, 6.07) is 33.0. The van der Waals surface area contributed by atoms with Crippen LogP contribution in [-0.2, 0) is 13.1 Å². The molecule has 0 saturated heterocycles. The molecular formula is C38H38N4O4. The molecule has 0 unspecified atom stereocenters. The molecule has 0 amide bonds. The normalized spacial score (nSPS) is 11.5. The van der Waals surface area contributed by atoms with E-state index in [9.17, 15) is 0 Å². The van der Waals surface area contributed by atoms with Gasteiger partial charge in [0.1, 0.15) is 33.8 Å². The number of rotatable bonds is 14. The largest absolute Gasteiger partial charge is 0.494 e. The van der Waals surface area contributed by atoms with E-state index in [1.165, 1.54) is 11.1 Å². The standard InChI is InChI=1S/C38H38N4O4/c1-43-37-21-35-29(27-10-3-5-12-33(27)45-35)19-31(37)41-16-14-39-23-25-8-7-9-26(18-25)24-40-15-17-42-32-20-30-28-11-4-6-13-34(28)46-36(30)22-38(32)44-2/h3-13,18-22,39-42H,14-17,23-24H2,1-2H3. The minimum absolute atomic E-state index is 0.764. The van der Waals surface area contributed by atoms with Gasteiger partial charge in [-0.2, -0.15) is 0 Å². The maximum atomic E-state index is 6.00. The molecule has 8 heteroatoms. The first-order valence-corrected chi connectivity index (χ1v) is 15.7. The van der Waals surface area contributed by atoms with Gasteiger partial charge >= 0.3 is 0 Å². The summed E-state index contributed by atoms with van der Waals surface area (Å²) in [7, 11) is 3.37. The van der Waals surface area contributed by atoms with Crippen molar-refractivity contribution in [2.45, 2.75) is 13.1 Å². The first-order valence-electron chi connectivity index (χ1n) is 15.7. The molecule has 2 heterocycles. The van der Waals surface area contributed by atoms with E-state index in [1.807, 2.05) is 48.5 Å².